The van der Waals surface area contributed by atoms with E-state index >= 15 is 0 Å². The summed E-state index contributed by atoms with van der Waals surface area (Å²) in [7, 11) is 1.60. The standard InChI is InChI=1S/C24H31N5O2/c1-23(2,3)28-21-24(27-18-11-6-5-10-17(18)25-21)14-9-15-29(16-24)22(30)26-19-12-7-8-13-20(19)31-4/h5-8,10-13,27H,9,14-16H2,1-4H3,(H,25,28)(H,26,30)/t24-/m0/s1. The molecule has 0 unspecified atom stereocenters. The van der Waals surface area contributed by atoms with E-state index in [1.807, 2.05) is 47.4 Å². The normalized spacial score (nSPS) is 21.8. The molecule has 2 aromatic carbocycles. The third-order valence-corrected chi connectivity index (χ3v) is 5.58. The zero-order chi connectivity index (χ0) is 22.1. The van der Waals surface area contributed by atoms with Gasteiger partial charge in [0.25, 0.3) is 0 Å². The van der Waals surface area contributed by atoms with Gasteiger partial charge in [0.1, 0.15) is 17.1 Å². The van der Waals surface area contributed by atoms with E-state index in [4.69, 9.17) is 9.73 Å². The van der Waals surface area contributed by atoms with Crippen LogP contribution in [0.1, 0.15) is 33.6 Å². The highest BCUT2D eigenvalue weighted by molar-refractivity contribution is 6.10. The number of urea groups is 1. The largest absolute Gasteiger partial charge is 0.495 e. The summed E-state index contributed by atoms with van der Waals surface area (Å²) in [5, 5.41) is 10.3. The number of likely N-dealkylation sites (tertiary alicyclic amines) is 1. The lowest BCUT2D eigenvalue weighted by Gasteiger charge is -2.47. The van der Waals surface area contributed by atoms with E-state index < -0.39 is 5.54 Å². The smallest absolute Gasteiger partial charge is 0.322 e. The Kier molecular flexibility index (Phi) is 5.52. The van der Waals surface area contributed by atoms with Crippen LogP contribution >= 0.6 is 0 Å². The Bertz CT molecular complexity index is 997. The topological polar surface area (TPSA) is 78.0 Å². The molecular formula is C24H31N5O2. The average molecular weight is 422 g/mol. The number of benzene rings is 2. The summed E-state index contributed by atoms with van der Waals surface area (Å²) in [6.45, 7) is 7.47. The lowest BCUT2D eigenvalue weighted by molar-refractivity contribution is 0.186. The van der Waals surface area contributed by atoms with Crippen LogP contribution in [0.3, 0.4) is 0 Å². The van der Waals surface area contributed by atoms with Gasteiger partial charge in [0.15, 0.2) is 0 Å². The summed E-state index contributed by atoms with van der Waals surface area (Å²) >= 11 is 0. The number of anilines is 3. The minimum atomic E-state index is -0.460. The van der Waals surface area contributed by atoms with Crippen molar-refractivity contribution >= 4 is 28.9 Å². The monoisotopic (exact) mass is 421 g/mol. The SMILES string of the molecule is COc1ccccc1NC(=O)N1CCC[C@@]2(C1)Nc1ccccc1NC2=NC(C)(C)C. The van der Waals surface area contributed by atoms with Gasteiger partial charge in [-0.05, 0) is 57.9 Å². The number of aliphatic imine (C=N–C) groups is 1. The molecule has 3 N–H and O–H groups in total. The maximum atomic E-state index is 13.2. The fourth-order valence-corrected chi connectivity index (χ4v) is 4.20. The molecule has 1 spiro atoms. The van der Waals surface area contributed by atoms with Gasteiger partial charge in [0.2, 0.25) is 0 Å². The average Bonchev–Trinajstić information content (AvgIpc) is 2.74. The zero-order valence-corrected chi connectivity index (χ0v) is 18.7. The number of methoxy groups -OCH3 is 1. The molecule has 4 rings (SSSR count). The maximum absolute atomic E-state index is 13.2. The van der Waals surface area contributed by atoms with E-state index in [-0.39, 0.29) is 11.6 Å². The van der Waals surface area contributed by atoms with E-state index in [9.17, 15) is 4.79 Å². The summed E-state index contributed by atoms with van der Waals surface area (Å²) in [6.07, 6.45) is 1.76. The fraction of sp³-hybridized carbons (Fsp3) is 0.417. The third-order valence-electron chi connectivity index (χ3n) is 5.58. The molecule has 31 heavy (non-hydrogen) atoms. The molecule has 0 aliphatic carbocycles. The Morgan fingerprint density at radius 1 is 1.13 bits per heavy atom. The quantitative estimate of drug-likeness (QED) is 0.651. The van der Waals surface area contributed by atoms with Crippen LogP contribution < -0.4 is 20.7 Å². The molecule has 7 nitrogen and oxygen atoms in total. The number of carbonyl (C=O) groups excluding carboxylic acids is 1. The van der Waals surface area contributed by atoms with E-state index in [0.29, 0.717) is 24.5 Å². The highest BCUT2D eigenvalue weighted by Crippen LogP contribution is 2.37. The second-order valence-electron chi connectivity index (χ2n) is 9.16. The molecule has 2 aliphatic heterocycles. The van der Waals surface area contributed by atoms with Crippen molar-refractivity contribution in [2.24, 2.45) is 4.99 Å². The van der Waals surface area contributed by atoms with Crippen LogP contribution in [0.4, 0.5) is 21.9 Å². The highest BCUT2D eigenvalue weighted by atomic mass is 16.5. The van der Waals surface area contributed by atoms with Crippen molar-refractivity contribution in [3.63, 3.8) is 0 Å². The van der Waals surface area contributed by atoms with Gasteiger partial charge in [-0.1, -0.05) is 24.3 Å². The van der Waals surface area contributed by atoms with Gasteiger partial charge < -0.3 is 25.6 Å². The van der Waals surface area contributed by atoms with Gasteiger partial charge in [0.05, 0.1) is 36.3 Å². The van der Waals surface area contributed by atoms with Gasteiger partial charge in [-0.3, -0.25) is 4.99 Å². The number of amidine groups is 1. The minimum absolute atomic E-state index is 0.139. The molecule has 0 saturated carbocycles. The molecule has 7 heteroatoms. The van der Waals surface area contributed by atoms with Crippen LogP contribution in [-0.4, -0.2) is 48.0 Å². The maximum Gasteiger partial charge on any atom is 0.322 e. The second kappa shape index (κ2) is 8.13. The molecule has 2 aromatic rings. The van der Waals surface area contributed by atoms with E-state index in [2.05, 4.69) is 42.8 Å². The number of carbonyl (C=O) groups is 1. The molecule has 2 aliphatic rings. The first-order valence-corrected chi connectivity index (χ1v) is 10.7. The third kappa shape index (κ3) is 4.45. The fourth-order valence-electron chi connectivity index (χ4n) is 4.20. The van der Waals surface area contributed by atoms with Crippen molar-refractivity contribution in [2.75, 3.05) is 36.1 Å². The summed E-state index contributed by atoms with van der Waals surface area (Å²) in [5.74, 6) is 1.53. The Labute approximate surface area is 183 Å². The molecule has 2 amide bonds. The van der Waals surface area contributed by atoms with Crippen LogP contribution in [-0.2, 0) is 0 Å². The van der Waals surface area contributed by atoms with Crippen molar-refractivity contribution in [2.45, 2.75) is 44.7 Å². The number of fused-ring (bicyclic) bond motifs is 1. The van der Waals surface area contributed by atoms with Gasteiger partial charge in [-0.15, -0.1) is 0 Å². The highest BCUT2D eigenvalue weighted by Gasteiger charge is 2.45. The number of para-hydroxylation sites is 4. The molecular weight excluding hydrogens is 390 g/mol. The number of hydrogen-bond acceptors (Lipinski definition) is 4. The second-order valence-corrected chi connectivity index (χ2v) is 9.16. The molecule has 2 heterocycles. The Hall–Kier alpha value is -3.22. The predicted molar refractivity (Wildman–Crippen MR) is 126 cm³/mol. The molecule has 1 atom stereocenters. The molecule has 164 valence electrons. The minimum Gasteiger partial charge on any atom is -0.495 e. The van der Waals surface area contributed by atoms with E-state index in [0.717, 1.165) is 30.1 Å². The van der Waals surface area contributed by atoms with Gasteiger partial charge >= 0.3 is 6.03 Å². The van der Waals surface area contributed by atoms with Gasteiger partial charge in [0, 0.05) is 6.54 Å². The zero-order valence-electron chi connectivity index (χ0n) is 18.7. The van der Waals surface area contributed by atoms with E-state index in [1.54, 1.807) is 7.11 Å². The number of rotatable bonds is 2. The first-order chi connectivity index (χ1) is 14.8. The molecule has 1 fully saturated rings. The number of nitrogens with one attached hydrogen (secondary N) is 3. The lowest BCUT2D eigenvalue weighted by atomic mass is 9.85. The van der Waals surface area contributed by atoms with Crippen LogP contribution in [0.2, 0.25) is 0 Å². The molecule has 0 aromatic heterocycles. The Balaban J connectivity index is 1.62. The Morgan fingerprint density at radius 3 is 2.58 bits per heavy atom. The summed E-state index contributed by atoms with van der Waals surface area (Å²) in [5.41, 5.74) is 2.00. The van der Waals surface area contributed by atoms with E-state index in [1.165, 1.54) is 0 Å². The van der Waals surface area contributed by atoms with Crippen molar-refractivity contribution in [1.82, 2.24) is 4.90 Å². The summed E-state index contributed by atoms with van der Waals surface area (Å²) in [4.78, 5) is 20.0. The first kappa shape index (κ1) is 21.0. The molecule has 0 bridgehead atoms. The lowest BCUT2D eigenvalue weighted by Crippen LogP contribution is -2.63. The number of ether oxygens (including phenoxy) is 1. The van der Waals surface area contributed by atoms with Crippen molar-refractivity contribution in [3.05, 3.63) is 48.5 Å². The van der Waals surface area contributed by atoms with Gasteiger partial charge in [-0.2, -0.15) is 0 Å². The number of hydrogen-bond donors (Lipinski definition) is 3. The first-order valence-electron chi connectivity index (χ1n) is 10.7. The van der Waals surface area contributed by atoms with Gasteiger partial charge in [-0.25, -0.2) is 4.79 Å². The summed E-state index contributed by atoms with van der Waals surface area (Å²) < 4.78 is 5.38. The summed E-state index contributed by atoms with van der Waals surface area (Å²) in [6, 6.07) is 15.4. The predicted octanol–water partition coefficient (Wildman–Crippen LogP) is 4.80. The van der Waals surface area contributed by atoms with Crippen LogP contribution in [0.15, 0.2) is 53.5 Å². The molecule has 1 saturated heterocycles. The van der Waals surface area contributed by atoms with Crippen molar-refractivity contribution < 1.29 is 9.53 Å². The van der Waals surface area contributed by atoms with Crippen LogP contribution in [0.5, 0.6) is 5.75 Å². The van der Waals surface area contributed by atoms with Crippen molar-refractivity contribution in [1.29, 1.82) is 0 Å². The Morgan fingerprint density at radius 2 is 1.84 bits per heavy atom. The number of piperidine rings is 1. The van der Waals surface area contributed by atoms with Crippen LogP contribution in [0.25, 0.3) is 0 Å². The molecule has 0 radical (unpaired) electrons. The number of amides is 2. The van der Waals surface area contributed by atoms with Crippen molar-refractivity contribution in [3.8, 4) is 5.75 Å². The number of nitrogens with zero attached hydrogens (tertiary/aromatic N) is 2. The van der Waals surface area contributed by atoms with Crippen LogP contribution in [0, 0.1) is 0 Å².